The molecular weight excluding hydrogens is 331 g/mol. The van der Waals surface area contributed by atoms with Gasteiger partial charge in [0.05, 0.1) is 11.5 Å². The average Bonchev–Trinajstić information content (AvgIpc) is 2.39. The van der Waals surface area contributed by atoms with Crippen molar-refractivity contribution < 1.29 is 9.59 Å². The van der Waals surface area contributed by atoms with Crippen LogP contribution < -0.4 is 11.1 Å². The molecule has 0 saturated carbocycles. The topological polar surface area (TPSA) is 72.2 Å². The van der Waals surface area contributed by atoms with Crippen LogP contribution in [0.25, 0.3) is 0 Å². The van der Waals surface area contributed by atoms with E-state index in [1.807, 2.05) is 6.92 Å². The lowest BCUT2D eigenvalue weighted by atomic mass is 10.1. The maximum absolute atomic E-state index is 11.8. The van der Waals surface area contributed by atoms with E-state index in [4.69, 9.17) is 17.3 Å². The van der Waals surface area contributed by atoms with Gasteiger partial charge in [-0.3, -0.25) is 9.59 Å². The second-order valence-electron chi connectivity index (χ2n) is 4.54. The van der Waals surface area contributed by atoms with Gasteiger partial charge in [-0.15, -0.1) is 24.2 Å². The van der Waals surface area contributed by atoms with E-state index in [0.717, 1.165) is 6.42 Å². The zero-order chi connectivity index (χ0) is 15.0. The molecule has 0 aliphatic heterocycles. The third-order valence-electron chi connectivity index (χ3n) is 2.55. The molecule has 1 atom stereocenters. The second-order valence-corrected chi connectivity index (χ2v) is 5.96. The van der Waals surface area contributed by atoms with Crippen molar-refractivity contribution in [2.45, 2.75) is 19.4 Å². The number of Topliss-reactive ketones (excluding diaryl/α,β-unsaturated/α-hetero) is 1. The lowest BCUT2D eigenvalue weighted by Crippen LogP contribution is -2.30. The molecule has 0 saturated heterocycles. The highest BCUT2D eigenvalue weighted by atomic mass is 35.5. The van der Waals surface area contributed by atoms with Gasteiger partial charge in [0.1, 0.15) is 0 Å². The summed E-state index contributed by atoms with van der Waals surface area (Å²) >= 11 is 7.06. The van der Waals surface area contributed by atoms with E-state index >= 15 is 0 Å². The fraction of sp³-hybridized carbons (Fsp3) is 0.429. The van der Waals surface area contributed by atoms with Crippen LogP contribution >= 0.6 is 35.8 Å². The zero-order valence-electron chi connectivity index (χ0n) is 11.8. The van der Waals surface area contributed by atoms with Crippen LogP contribution in [0.1, 0.15) is 23.7 Å². The predicted molar refractivity (Wildman–Crippen MR) is 91.6 cm³/mol. The number of rotatable bonds is 8. The summed E-state index contributed by atoms with van der Waals surface area (Å²) in [5, 5.41) is 3.37. The summed E-state index contributed by atoms with van der Waals surface area (Å²) in [6.07, 6.45) is 0.750. The quantitative estimate of drug-likeness (QED) is 0.706. The minimum Gasteiger partial charge on any atom is -0.355 e. The Morgan fingerprint density at radius 2 is 1.90 bits per heavy atom. The van der Waals surface area contributed by atoms with E-state index in [9.17, 15) is 9.59 Å². The normalized spacial score (nSPS) is 11.4. The first-order chi connectivity index (χ1) is 9.49. The van der Waals surface area contributed by atoms with Crippen LogP contribution in [0.3, 0.4) is 0 Å². The summed E-state index contributed by atoms with van der Waals surface area (Å²) in [6, 6.07) is 6.82. The van der Waals surface area contributed by atoms with Gasteiger partial charge in [-0.25, -0.2) is 0 Å². The van der Waals surface area contributed by atoms with Crippen LogP contribution in [0, 0.1) is 0 Å². The average molecular weight is 351 g/mol. The van der Waals surface area contributed by atoms with Crippen molar-refractivity contribution in [2.75, 3.05) is 18.1 Å². The zero-order valence-corrected chi connectivity index (χ0v) is 14.2. The molecule has 4 nitrogen and oxygen atoms in total. The van der Waals surface area contributed by atoms with Crippen LogP contribution in [0.4, 0.5) is 0 Å². The highest BCUT2D eigenvalue weighted by molar-refractivity contribution is 8.00. The number of amides is 1. The number of ketones is 1. The largest absolute Gasteiger partial charge is 0.355 e. The molecule has 0 aliphatic rings. The molecule has 1 amide bonds. The first-order valence-electron chi connectivity index (χ1n) is 6.38. The molecule has 0 aliphatic carbocycles. The van der Waals surface area contributed by atoms with Crippen molar-refractivity contribution >= 4 is 47.5 Å². The SMILES string of the molecule is CC(N)CCNC(=O)CSCC(=O)c1ccc(Cl)cc1.Cl. The van der Waals surface area contributed by atoms with Gasteiger partial charge in [-0.05, 0) is 37.6 Å². The summed E-state index contributed by atoms with van der Waals surface area (Å²) in [6.45, 7) is 2.47. The fourth-order valence-corrected chi connectivity index (χ4v) is 2.31. The third kappa shape index (κ3) is 8.98. The predicted octanol–water partition coefficient (Wildman–Crippen LogP) is 2.53. The van der Waals surface area contributed by atoms with Gasteiger partial charge in [-0.2, -0.15) is 0 Å². The van der Waals surface area contributed by atoms with E-state index < -0.39 is 0 Å². The lowest BCUT2D eigenvalue weighted by Gasteiger charge is -2.07. The highest BCUT2D eigenvalue weighted by Gasteiger charge is 2.08. The minimum absolute atomic E-state index is 0. The summed E-state index contributed by atoms with van der Waals surface area (Å²) in [7, 11) is 0. The Morgan fingerprint density at radius 1 is 1.29 bits per heavy atom. The van der Waals surface area contributed by atoms with Gasteiger partial charge in [0.2, 0.25) is 5.91 Å². The van der Waals surface area contributed by atoms with E-state index in [2.05, 4.69) is 5.32 Å². The summed E-state index contributed by atoms with van der Waals surface area (Å²) < 4.78 is 0. The van der Waals surface area contributed by atoms with Crippen LogP contribution in [-0.2, 0) is 4.79 Å². The van der Waals surface area contributed by atoms with Crippen molar-refractivity contribution in [1.82, 2.24) is 5.32 Å². The van der Waals surface area contributed by atoms with Crippen molar-refractivity contribution in [3.05, 3.63) is 34.9 Å². The van der Waals surface area contributed by atoms with Gasteiger partial charge in [-0.1, -0.05) is 11.6 Å². The monoisotopic (exact) mass is 350 g/mol. The standard InChI is InChI=1S/C14H19ClN2O2S.ClH/c1-10(16)6-7-17-14(19)9-20-8-13(18)11-2-4-12(15)5-3-11;/h2-5,10H,6-9,16H2,1H3,(H,17,19);1H. The Balaban J connectivity index is 0.00000400. The second kappa shape index (κ2) is 10.9. The number of hydrogen-bond acceptors (Lipinski definition) is 4. The molecule has 0 aromatic heterocycles. The molecule has 1 aromatic rings. The van der Waals surface area contributed by atoms with Crippen molar-refractivity contribution in [2.24, 2.45) is 5.73 Å². The molecule has 1 rings (SSSR count). The minimum atomic E-state index is -0.0699. The molecule has 7 heteroatoms. The Morgan fingerprint density at radius 3 is 2.48 bits per heavy atom. The van der Waals surface area contributed by atoms with Crippen molar-refractivity contribution in [1.29, 1.82) is 0 Å². The summed E-state index contributed by atoms with van der Waals surface area (Å²) in [5.74, 6) is 0.482. The number of nitrogens with two attached hydrogens (primary N) is 1. The number of nitrogens with one attached hydrogen (secondary N) is 1. The van der Waals surface area contributed by atoms with Crippen LogP contribution in [0.5, 0.6) is 0 Å². The van der Waals surface area contributed by atoms with Gasteiger partial charge >= 0.3 is 0 Å². The molecular formula is C14H20Cl2N2O2S. The van der Waals surface area contributed by atoms with Crippen LogP contribution in [0.15, 0.2) is 24.3 Å². The summed E-state index contributed by atoms with van der Waals surface area (Å²) in [4.78, 5) is 23.3. The molecule has 1 aromatic carbocycles. The summed E-state index contributed by atoms with van der Waals surface area (Å²) in [5.41, 5.74) is 6.19. The molecule has 0 bridgehead atoms. The Labute approximate surface area is 140 Å². The van der Waals surface area contributed by atoms with E-state index in [1.165, 1.54) is 11.8 Å². The Kier molecular flexibility index (Phi) is 10.5. The molecule has 0 heterocycles. The van der Waals surface area contributed by atoms with Crippen molar-refractivity contribution in [3.8, 4) is 0 Å². The first-order valence-corrected chi connectivity index (χ1v) is 7.91. The highest BCUT2D eigenvalue weighted by Crippen LogP contribution is 2.12. The molecule has 0 fully saturated rings. The van der Waals surface area contributed by atoms with Gasteiger partial charge in [0, 0.05) is 23.2 Å². The molecule has 1 unspecified atom stereocenters. The maximum Gasteiger partial charge on any atom is 0.230 e. The van der Waals surface area contributed by atoms with E-state index in [-0.39, 0.29) is 41.6 Å². The number of benzene rings is 1. The molecule has 0 spiro atoms. The lowest BCUT2D eigenvalue weighted by molar-refractivity contribution is -0.118. The Hall–Kier alpha value is -0.750. The number of halogens is 2. The van der Waals surface area contributed by atoms with Gasteiger partial charge in [0.15, 0.2) is 5.78 Å². The smallest absolute Gasteiger partial charge is 0.230 e. The first kappa shape index (κ1) is 20.2. The molecule has 118 valence electrons. The fourth-order valence-electron chi connectivity index (χ4n) is 1.45. The Bertz CT molecular complexity index is 453. The van der Waals surface area contributed by atoms with Crippen LogP contribution in [0.2, 0.25) is 5.02 Å². The molecule has 21 heavy (non-hydrogen) atoms. The third-order valence-corrected chi connectivity index (χ3v) is 3.74. The number of carbonyl (C=O) groups excluding carboxylic acids is 2. The molecule has 0 radical (unpaired) electrons. The van der Waals surface area contributed by atoms with E-state index in [0.29, 0.717) is 17.1 Å². The van der Waals surface area contributed by atoms with Crippen molar-refractivity contribution in [3.63, 3.8) is 0 Å². The van der Waals surface area contributed by atoms with Crippen LogP contribution in [-0.4, -0.2) is 35.8 Å². The number of hydrogen-bond donors (Lipinski definition) is 2. The number of carbonyl (C=O) groups is 2. The maximum atomic E-state index is 11.8. The van der Waals surface area contributed by atoms with Gasteiger partial charge < -0.3 is 11.1 Å². The van der Waals surface area contributed by atoms with Gasteiger partial charge in [0.25, 0.3) is 0 Å². The molecule has 3 N–H and O–H groups in total. The number of thioether (sulfide) groups is 1. The van der Waals surface area contributed by atoms with E-state index in [1.54, 1.807) is 24.3 Å².